The molecule has 1 atom stereocenters. The molecule has 21 heavy (non-hydrogen) atoms. The first-order valence-electron chi connectivity index (χ1n) is 7.84. The van der Waals surface area contributed by atoms with Crippen LogP contribution in [0.5, 0.6) is 0 Å². The number of fused-ring (bicyclic) bond motifs is 1. The molecule has 0 aliphatic carbocycles. The molecule has 1 N–H and O–H groups in total. The smallest absolute Gasteiger partial charge is 0.317 e. The molecule has 0 bridgehead atoms. The Morgan fingerprint density at radius 2 is 2.19 bits per heavy atom. The molecule has 0 spiro atoms. The van der Waals surface area contributed by atoms with E-state index in [0.29, 0.717) is 12.5 Å². The summed E-state index contributed by atoms with van der Waals surface area (Å²) in [5, 5.41) is 3.83. The fourth-order valence-corrected chi connectivity index (χ4v) is 4.00. The highest BCUT2D eigenvalue weighted by Gasteiger charge is 2.25. The average Bonchev–Trinajstić information content (AvgIpc) is 3.02. The molecule has 0 aromatic carbocycles. The first kappa shape index (κ1) is 14.8. The molecule has 2 aliphatic rings. The number of rotatable bonds is 3. The van der Waals surface area contributed by atoms with Crippen LogP contribution in [-0.2, 0) is 6.54 Å². The molecule has 2 aliphatic heterocycles. The molecule has 1 saturated heterocycles. The van der Waals surface area contributed by atoms with Gasteiger partial charge in [-0.25, -0.2) is 9.78 Å². The van der Waals surface area contributed by atoms with Crippen LogP contribution < -0.4 is 5.32 Å². The van der Waals surface area contributed by atoms with Gasteiger partial charge in [0.15, 0.2) is 0 Å². The van der Waals surface area contributed by atoms with E-state index in [2.05, 4.69) is 21.1 Å². The number of hydrogen-bond acceptors (Lipinski definition) is 3. The van der Waals surface area contributed by atoms with E-state index in [1.54, 1.807) is 0 Å². The summed E-state index contributed by atoms with van der Waals surface area (Å²) in [4.78, 5) is 18.7. The van der Waals surface area contributed by atoms with Crippen LogP contribution in [0.1, 0.15) is 37.4 Å². The Hall–Kier alpha value is -1.17. The van der Waals surface area contributed by atoms with Crippen molar-refractivity contribution in [3.05, 3.63) is 18.2 Å². The van der Waals surface area contributed by atoms with Crippen molar-refractivity contribution in [1.82, 2.24) is 19.8 Å². The van der Waals surface area contributed by atoms with Gasteiger partial charge in [0.1, 0.15) is 5.82 Å². The molecule has 116 valence electrons. The van der Waals surface area contributed by atoms with Crippen molar-refractivity contribution in [1.29, 1.82) is 0 Å². The first-order chi connectivity index (χ1) is 10.3. The lowest BCUT2D eigenvalue weighted by Gasteiger charge is -2.32. The molecule has 6 heteroatoms. The summed E-state index contributed by atoms with van der Waals surface area (Å²) >= 11 is 1.92. The van der Waals surface area contributed by atoms with Gasteiger partial charge in [0.25, 0.3) is 0 Å². The molecule has 1 fully saturated rings. The highest BCUT2D eigenvalue weighted by molar-refractivity contribution is 7.99. The third-order valence-electron chi connectivity index (χ3n) is 4.63. The minimum absolute atomic E-state index is 0.0956. The van der Waals surface area contributed by atoms with Crippen molar-refractivity contribution in [3.8, 4) is 0 Å². The van der Waals surface area contributed by atoms with Crippen LogP contribution in [0.15, 0.2) is 12.4 Å². The Labute approximate surface area is 130 Å². The molecule has 3 heterocycles. The van der Waals surface area contributed by atoms with Crippen LogP contribution in [0.25, 0.3) is 0 Å². The van der Waals surface area contributed by atoms with Crippen molar-refractivity contribution >= 4 is 17.8 Å². The predicted molar refractivity (Wildman–Crippen MR) is 85.7 cm³/mol. The third-order valence-corrected chi connectivity index (χ3v) is 5.76. The number of amides is 2. The van der Waals surface area contributed by atoms with Crippen LogP contribution in [0.2, 0.25) is 0 Å². The molecule has 2 amide bonds. The number of thioether (sulfide) groups is 1. The zero-order valence-corrected chi connectivity index (χ0v) is 13.4. The number of aryl methyl sites for hydroxylation is 1. The lowest BCUT2D eigenvalue weighted by molar-refractivity contribution is 0.186. The minimum atomic E-state index is 0.0956. The standard InChI is InChI=1S/C15H24N4OS/c1-21-13-4-8-19(9-5-13)15(20)17-11-12-3-2-7-18-10-6-16-14(12)18/h6,10,12-13H,2-5,7-9,11H2,1H3,(H,17,20). The predicted octanol–water partition coefficient (Wildman–Crippen LogP) is 2.30. The zero-order valence-electron chi connectivity index (χ0n) is 12.6. The van der Waals surface area contributed by atoms with Gasteiger partial charge in [-0.15, -0.1) is 0 Å². The van der Waals surface area contributed by atoms with E-state index in [1.807, 2.05) is 29.1 Å². The van der Waals surface area contributed by atoms with Gasteiger partial charge in [-0.3, -0.25) is 0 Å². The van der Waals surface area contributed by atoms with Gasteiger partial charge in [-0.05, 0) is 31.9 Å². The maximum Gasteiger partial charge on any atom is 0.317 e. The lowest BCUT2D eigenvalue weighted by atomic mass is 9.99. The van der Waals surface area contributed by atoms with Gasteiger partial charge >= 0.3 is 6.03 Å². The molecule has 1 aromatic rings. The summed E-state index contributed by atoms with van der Waals surface area (Å²) in [6, 6.07) is 0.0956. The van der Waals surface area contributed by atoms with Crippen molar-refractivity contribution in [2.45, 2.75) is 43.4 Å². The Kier molecular flexibility index (Phi) is 4.73. The van der Waals surface area contributed by atoms with Crippen LogP contribution in [0.4, 0.5) is 4.79 Å². The zero-order chi connectivity index (χ0) is 14.7. The molecule has 3 rings (SSSR count). The topological polar surface area (TPSA) is 50.2 Å². The van der Waals surface area contributed by atoms with Crippen LogP contribution in [0.3, 0.4) is 0 Å². The van der Waals surface area contributed by atoms with Gasteiger partial charge in [0, 0.05) is 49.7 Å². The summed E-state index contributed by atoms with van der Waals surface area (Å²) in [7, 11) is 0. The number of aromatic nitrogens is 2. The molecule has 0 radical (unpaired) electrons. The molecule has 1 unspecified atom stereocenters. The molecular formula is C15H24N4OS. The van der Waals surface area contributed by atoms with Crippen molar-refractivity contribution < 1.29 is 4.79 Å². The van der Waals surface area contributed by atoms with Gasteiger partial charge in [0.05, 0.1) is 0 Å². The Morgan fingerprint density at radius 1 is 1.38 bits per heavy atom. The second-order valence-corrected chi connectivity index (χ2v) is 7.06. The number of nitrogens with one attached hydrogen (secondary N) is 1. The summed E-state index contributed by atoms with van der Waals surface area (Å²) in [5.41, 5.74) is 0. The average molecular weight is 308 g/mol. The van der Waals surface area contributed by atoms with Gasteiger partial charge in [-0.1, -0.05) is 0 Å². The van der Waals surface area contributed by atoms with Crippen LogP contribution >= 0.6 is 11.8 Å². The number of piperidine rings is 1. The summed E-state index contributed by atoms with van der Waals surface area (Å²) in [5.74, 6) is 1.49. The van der Waals surface area contributed by atoms with E-state index in [9.17, 15) is 4.79 Å². The fraction of sp³-hybridized carbons (Fsp3) is 0.733. The quantitative estimate of drug-likeness (QED) is 0.932. The SMILES string of the molecule is CSC1CCN(C(=O)NCC2CCCn3ccnc32)CC1. The van der Waals surface area contributed by atoms with Gasteiger partial charge in [0.2, 0.25) is 0 Å². The maximum atomic E-state index is 12.3. The van der Waals surface area contributed by atoms with Crippen LogP contribution in [0, 0.1) is 0 Å². The van der Waals surface area contributed by atoms with Gasteiger partial charge < -0.3 is 14.8 Å². The van der Waals surface area contributed by atoms with E-state index in [1.165, 1.54) is 6.42 Å². The third kappa shape index (κ3) is 3.36. The minimum Gasteiger partial charge on any atom is -0.337 e. The van der Waals surface area contributed by atoms with Gasteiger partial charge in [-0.2, -0.15) is 11.8 Å². The lowest BCUT2D eigenvalue weighted by Crippen LogP contribution is -2.46. The van der Waals surface area contributed by atoms with Crippen LogP contribution in [-0.4, -0.2) is 51.6 Å². The number of carbonyl (C=O) groups is 1. The van der Waals surface area contributed by atoms with E-state index in [4.69, 9.17) is 0 Å². The monoisotopic (exact) mass is 308 g/mol. The number of carbonyl (C=O) groups excluding carboxylic acids is 1. The molecule has 1 aromatic heterocycles. The second-order valence-electron chi connectivity index (χ2n) is 5.93. The van der Waals surface area contributed by atoms with Crippen molar-refractivity contribution in [2.24, 2.45) is 0 Å². The summed E-state index contributed by atoms with van der Waals surface area (Å²) < 4.78 is 2.21. The number of nitrogens with zero attached hydrogens (tertiary/aromatic N) is 3. The van der Waals surface area contributed by atoms with E-state index in [0.717, 1.165) is 50.0 Å². The highest BCUT2D eigenvalue weighted by Crippen LogP contribution is 2.25. The number of imidazole rings is 1. The Bertz CT molecular complexity index is 482. The maximum absolute atomic E-state index is 12.3. The Morgan fingerprint density at radius 3 is 2.95 bits per heavy atom. The van der Waals surface area contributed by atoms with Crippen molar-refractivity contribution in [3.63, 3.8) is 0 Å². The molecular weight excluding hydrogens is 284 g/mol. The highest BCUT2D eigenvalue weighted by atomic mass is 32.2. The van der Waals surface area contributed by atoms with E-state index < -0.39 is 0 Å². The normalized spacial score (nSPS) is 22.9. The summed E-state index contributed by atoms with van der Waals surface area (Å²) in [6.07, 6.45) is 10.6. The second kappa shape index (κ2) is 6.73. The molecule has 0 saturated carbocycles. The largest absolute Gasteiger partial charge is 0.337 e. The fourth-order valence-electron chi connectivity index (χ4n) is 3.32. The summed E-state index contributed by atoms with van der Waals surface area (Å²) in [6.45, 7) is 3.54. The number of likely N-dealkylation sites (tertiary alicyclic amines) is 1. The van der Waals surface area contributed by atoms with Crippen molar-refractivity contribution in [2.75, 3.05) is 25.9 Å². The van der Waals surface area contributed by atoms with E-state index >= 15 is 0 Å². The first-order valence-corrected chi connectivity index (χ1v) is 9.13. The number of urea groups is 1. The Balaban J connectivity index is 1.49. The molecule has 5 nitrogen and oxygen atoms in total. The number of hydrogen-bond donors (Lipinski definition) is 1. The van der Waals surface area contributed by atoms with E-state index in [-0.39, 0.29) is 6.03 Å².